The van der Waals surface area contributed by atoms with E-state index in [1.807, 2.05) is 36.2 Å². The molecule has 4 rings (SSSR count). The largest absolute Gasteiger partial charge is 0.327 e. The van der Waals surface area contributed by atoms with E-state index in [1.165, 1.54) is 0 Å². The van der Waals surface area contributed by atoms with Crippen molar-refractivity contribution < 1.29 is 4.79 Å². The summed E-state index contributed by atoms with van der Waals surface area (Å²) in [5, 5.41) is 0. The lowest BCUT2D eigenvalue weighted by Crippen LogP contribution is -2.48. The van der Waals surface area contributed by atoms with Crippen LogP contribution in [0, 0.1) is 0 Å². The number of benzene rings is 1. The third kappa shape index (κ3) is 3.18. The molecule has 1 aromatic carbocycles. The van der Waals surface area contributed by atoms with Crippen molar-refractivity contribution in [3.63, 3.8) is 0 Å². The number of hydrogen-bond acceptors (Lipinski definition) is 5. The van der Waals surface area contributed by atoms with Gasteiger partial charge in [-0.2, -0.15) is 0 Å². The Balaban J connectivity index is 1.64. The summed E-state index contributed by atoms with van der Waals surface area (Å²) in [5.74, 6) is 0.957. The average Bonchev–Trinajstić information content (AvgIpc) is 2.79. The molecule has 0 N–H and O–H groups in total. The van der Waals surface area contributed by atoms with Crippen LogP contribution in [-0.4, -0.2) is 67.5 Å². The smallest absolute Gasteiger partial charge is 0.241 e. The summed E-state index contributed by atoms with van der Waals surface area (Å²) in [7, 11) is 4.14. The van der Waals surface area contributed by atoms with Gasteiger partial charge in [-0.25, -0.2) is 4.98 Å². The Labute approximate surface area is 154 Å². The Hall–Kier alpha value is -2.44. The van der Waals surface area contributed by atoms with Crippen molar-refractivity contribution in [3.8, 4) is 0 Å². The number of aromatic nitrogens is 1. The Morgan fingerprint density at radius 2 is 1.73 bits per heavy atom. The van der Waals surface area contributed by atoms with Gasteiger partial charge in [0.05, 0.1) is 18.8 Å². The third-order valence-corrected chi connectivity index (χ3v) is 5.31. The molecule has 2 aliphatic rings. The van der Waals surface area contributed by atoms with Crippen molar-refractivity contribution in [2.24, 2.45) is 0 Å². The Morgan fingerprint density at radius 1 is 1.00 bits per heavy atom. The number of carbonyl (C=O) groups excluding carboxylic acids is 1. The molecule has 0 spiro atoms. The lowest BCUT2D eigenvalue weighted by atomic mass is 10.1. The van der Waals surface area contributed by atoms with E-state index in [-0.39, 0.29) is 5.91 Å². The van der Waals surface area contributed by atoms with Crippen molar-refractivity contribution in [2.45, 2.75) is 6.54 Å². The minimum absolute atomic E-state index is 0.133. The Morgan fingerprint density at radius 3 is 2.54 bits per heavy atom. The van der Waals surface area contributed by atoms with Crippen LogP contribution < -0.4 is 9.80 Å². The fourth-order valence-corrected chi connectivity index (χ4v) is 3.70. The van der Waals surface area contributed by atoms with Gasteiger partial charge in [-0.1, -0.05) is 18.2 Å². The van der Waals surface area contributed by atoms with Gasteiger partial charge >= 0.3 is 0 Å². The molecule has 6 heteroatoms. The second-order valence-electron chi connectivity index (χ2n) is 7.09. The number of para-hydroxylation sites is 1. The van der Waals surface area contributed by atoms with Gasteiger partial charge in [-0.3, -0.25) is 9.69 Å². The molecule has 3 heterocycles. The second kappa shape index (κ2) is 7.05. The van der Waals surface area contributed by atoms with Crippen molar-refractivity contribution in [2.75, 3.05) is 56.6 Å². The van der Waals surface area contributed by atoms with Gasteiger partial charge in [0, 0.05) is 45.1 Å². The summed E-state index contributed by atoms with van der Waals surface area (Å²) in [6.07, 6.45) is 1.78. The number of anilines is 3. The molecule has 1 saturated heterocycles. The summed E-state index contributed by atoms with van der Waals surface area (Å²) >= 11 is 0. The number of rotatable bonds is 2. The van der Waals surface area contributed by atoms with Gasteiger partial charge in [0.2, 0.25) is 5.91 Å². The highest BCUT2D eigenvalue weighted by atomic mass is 16.2. The Bertz CT molecular complexity index is 800. The first-order valence-electron chi connectivity index (χ1n) is 9.11. The first kappa shape index (κ1) is 17.0. The van der Waals surface area contributed by atoms with Crippen LogP contribution in [0.3, 0.4) is 0 Å². The highest BCUT2D eigenvalue weighted by Crippen LogP contribution is 2.37. The predicted octanol–water partition coefficient (Wildman–Crippen LogP) is 1.94. The molecule has 2 aromatic rings. The highest BCUT2D eigenvalue weighted by Gasteiger charge is 2.28. The van der Waals surface area contributed by atoms with Crippen LogP contribution in [0.15, 0.2) is 42.6 Å². The molecule has 1 aromatic heterocycles. The number of carbonyl (C=O) groups is 1. The topological polar surface area (TPSA) is 42.9 Å². The number of nitrogens with zero attached hydrogens (tertiary/aromatic N) is 5. The van der Waals surface area contributed by atoms with E-state index in [0.717, 1.165) is 48.9 Å². The fraction of sp³-hybridized carbons (Fsp3) is 0.400. The summed E-state index contributed by atoms with van der Waals surface area (Å²) < 4.78 is 0. The number of pyridine rings is 1. The van der Waals surface area contributed by atoms with Crippen LogP contribution in [0.4, 0.5) is 17.2 Å². The van der Waals surface area contributed by atoms with Crippen molar-refractivity contribution in [1.29, 1.82) is 0 Å². The quantitative estimate of drug-likeness (QED) is 0.827. The molecule has 2 aliphatic heterocycles. The van der Waals surface area contributed by atoms with Crippen molar-refractivity contribution in [1.82, 2.24) is 14.8 Å². The molecule has 1 amide bonds. The number of likely N-dealkylation sites (N-methyl/N-ethyl adjacent to an activating group) is 1. The lowest BCUT2D eigenvalue weighted by molar-refractivity contribution is -0.120. The molecule has 1 fully saturated rings. The molecule has 0 aliphatic carbocycles. The summed E-state index contributed by atoms with van der Waals surface area (Å²) in [6.45, 7) is 4.92. The SMILES string of the molecule is CN1CCN(CC(=O)N2Cc3ccccc3N(C)c3ncccc32)CC1. The van der Waals surface area contributed by atoms with Gasteiger partial charge in [0.1, 0.15) is 0 Å². The molecular formula is C20H25N5O. The minimum atomic E-state index is 0.133. The van der Waals surface area contributed by atoms with E-state index in [4.69, 9.17) is 0 Å². The van der Waals surface area contributed by atoms with Crippen LogP contribution in [-0.2, 0) is 11.3 Å². The van der Waals surface area contributed by atoms with E-state index < -0.39 is 0 Å². The fourth-order valence-electron chi connectivity index (χ4n) is 3.70. The molecular weight excluding hydrogens is 326 g/mol. The zero-order valence-electron chi connectivity index (χ0n) is 15.4. The molecule has 0 saturated carbocycles. The maximum atomic E-state index is 13.2. The van der Waals surface area contributed by atoms with Crippen LogP contribution in [0.2, 0.25) is 0 Å². The first-order chi connectivity index (χ1) is 12.6. The molecule has 136 valence electrons. The van der Waals surface area contributed by atoms with E-state index in [0.29, 0.717) is 13.1 Å². The number of fused-ring (bicyclic) bond motifs is 2. The summed E-state index contributed by atoms with van der Waals surface area (Å²) in [5.41, 5.74) is 3.12. The molecule has 6 nitrogen and oxygen atoms in total. The monoisotopic (exact) mass is 351 g/mol. The van der Waals surface area contributed by atoms with E-state index in [9.17, 15) is 4.79 Å². The average molecular weight is 351 g/mol. The maximum Gasteiger partial charge on any atom is 0.241 e. The molecule has 0 bridgehead atoms. The first-order valence-corrected chi connectivity index (χ1v) is 9.11. The van der Waals surface area contributed by atoms with E-state index >= 15 is 0 Å². The number of piperazine rings is 1. The maximum absolute atomic E-state index is 13.2. The predicted molar refractivity (Wildman–Crippen MR) is 104 cm³/mol. The van der Waals surface area contributed by atoms with Crippen LogP contribution in [0.1, 0.15) is 5.56 Å². The molecule has 26 heavy (non-hydrogen) atoms. The van der Waals surface area contributed by atoms with Crippen LogP contribution in [0.25, 0.3) is 0 Å². The van der Waals surface area contributed by atoms with Gasteiger partial charge in [0.15, 0.2) is 5.82 Å². The standard InChI is InChI=1S/C20H25N5O/c1-22-10-12-24(13-11-22)15-19(26)25-14-16-6-3-4-7-17(16)23(2)20-18(25)8-5-9-21-20/h3-9H,10-15H2,1-2H3. The molecule has 0 radical (unpaired) electrons. The normalized spacial score (nSPS) is 18.2. The van der Waals surface area contributed by atoms with Gasteiger partial charge in [0.25, 0.3) is 0 Å². The number of hydrogen-bond donors (Lipinski definition) is 0. The molecule has 0 atom stereocenters. The zero-order chi connectivity index (χ0) is 18.1. The third-order valence-electron chi connectivity index (χ3n) is 5.31. The molecule has 0 unspecified atom stereocenters. The van der Waals surface area contributed by atoms with Gasteiger partial charge in [-0.15, -0.1) is 0 Å². The minimum Gasteiger partial charge on any atom is -0.327 e. The highest BCUT2D eigenvalue weighted by molar-refractivity contribution is 5.99. The number of amides is 1. The zero-order valence-corrected chi connectivity index (χ0v) is 15.4. The van der Waals surface area contributed by atoms with E-state index in [2.05, 4.69) is 38.9 Å². The van der Waals surface area contributed by atoms with Crippen molar-refractivity contribution in [3.05, 3.63) is 48.2 Å². The van der Waals surface area contributed by atoms with E-state index in [1.54, 1.807) is 6.20 Å². The lowest BCUT2D eigenvalue weighted by Gasteiger charge is -2.33. The van der Waals surface area contributed by atoms with Gasteiger partial charge < -0.3 is 14.7 Å². The Kier molecular flexibility index (Phi) is 4.61. The second-order valence-corrected chi connectivity index (χ2v) is 7.09. The summed E-state index contributed by atoms with van der Waals surface area (Å²) in [4.78, 5) is 26.3. The summed E-state index contributed by atoms with van der Waals surface area (Å²) in [6, 6.07) is 12.1. The van der Waals surface area contributed by atoms with Crippen LogP contribution >= 0.6 is 0 Å². The van der Waals surface area contributed by atoms with Gasteiger partial charge in [-0.05, 0) is 30.8 Å². The van der Waals surface area contributed by atoms with Crippen LogP contribution in [0.5, 0.6) is 0 Å². The van der Waals surface area contributed by atoms with Crippen molar-refractivity contribution >= 4 is 23.1 Å².